The lowest BCUT2D eigenvalue weighted by Gasteiger charge is -2.19. The lowest BCUT2D eigenvalue weighted by molar-refractivity contribution is -0.289. The lowest BCUT2D eigenvalue weighted by atomic mass is 10.0. The zero-order valence-corrected chi connectivity index (χ0v) is 9.94. The van der Waals surface area contributed by atoms with Crippen LogP contribution in [-0.4, -0.2) is 12.5 Å². The minimum atomic E-state index is -5.59. The Kier molecular flexibility index (Phi) is 5.03. The highest BCUT2D eigenvalue weighted by Gasteiger charge is 2.58. The molecule has 1 aromatic carbocycles. The van der Waals surface area contributed by atoms with Crippen molar-refractivity contribution in [3.05, 3.63) is 35.4 Å². The van der Waals surface area contributed by atoms with Crippen LogP contribution in [-0.2, 0) is 17.1 Å². The minimum absolute atomic E-state index is 0.296. The number of halogens is 5. The second-order valence-electron chi connectivity index (χ2n) is 4.12. The fourth-order valence-electron chi connectivity index (χ4n) is 1.57. The van der Waals surface area contributed by atoms with Gasteiger partial charge in [0.25, 0.3) is 0 Å². The summed E-state index contributed by atoms with van der Waals surface area (Å²) in [6.07, 6.45) is -1.77. The summed E-state index contributed by atoms with van der Waals surface area (Å²) in [4.78, 5) is 9.95. The van der Waals surface area contributed by atoms with E-state index in [1.54, 1.807) is 6.29 Å². The summed E-state index contributed by atoms with van der Waals surface area (Å²) in [5.41, 5.74) is -0.405. The van der Waals surface area contributed by atoms with Gasteiger partial charge in [0.15, 0.2) is 6.29 Å². The molecule has 0 aliphatic carbocycles. The quantitative estimate of drug-likeness (QED) is 0.564. The first-order chi connectivity index (χ1) is 8.79. The number of aryl methyl sites for hydroxylation is 1. The SMILES string of the molecule is O=[C]CCCCc1ccc(C(F)(F)C(F)(F)F)cc1. The van der Waals surface area contributed by atoms with Crippen molar-refractivity contribution >= 4 is 6.29 Å². The molecule has 0 spiro atoms. The van der Waals surface area contributed by atoms with E-state index in [0.717, 1.165) is 12.1 Å². The molecule has 1 nitrogen and oxygen atoms in total. The van der Waals surface area contributed by atoms with Crippen molar-refractivity contribution in [2.24, 2.45) is 0 Å². The Balaban J connectivity index is 2.69. The van der Waals surface area contributed by atoms with Gasteiger partial charge in [-0.3, -0.25) is 4.79 Å². The summed E-state index contributed by atoms with van der Waals surface area (Å²) in [5.74, 6) is -4.84. The third-order valence-corrected chi connectivity index (χ3v) is 2.67. The molecule has 0 aromatic heterocycles. The largest absolute Gasteiger partial charge is 0.458 e. The van der Waals surface area contributed by atoms with Crippen LogP contribution in [0.3, 0.4) is 0 Å². The Hall–Kier alpha value is -1.46. The maximum Gasteiger partial charge on any atom is 0.458 e. The molecule has 1 radical (unpaired) electrons. The standard InChI is InChI=1S/C13H12F5O/c14-12(15,13(16,17)18)11-7-5-10(6-8-11)4-2-1-3-9-19/h5-8H,1-4H2. The van der Waals surface area contributed by atoms with E-state index in [0.29, 0.717) is 31.2 Å². The topological polar surface area (TPSA) is 17.1 Å². The summed E-state index contributed by atoms with van der Waals surface area (Å²) in [6.45, 7) is 0. The van der Waals surface area contributed by atoms with Gasteiger partial charge in [-0.2, -0.15) is 22.0 Å². The van der Waals surface area contributed by atoms with Crippen LogP contribution < -0.4 is 0 Å². The molecule has 0 N–H and O–H groups in total. The highest BCUT2D eigenvalue weighted by molar-refractivity contribution is 5.50. The average Bonchev–Trinajstić information content (AvgIpc) is 2.34. The third kappa shape index (κ3) is 4.01. The van der Waals surface area contributed by atoms with Crippen LogP contribution in [0.15, 0.2) is 24.3 Å². The van der Waals surface area contributed by atoms with Crippen molar-refractivity contribution in [2.45, 2.75) is 37.8 Å². The molecule has 0 unspecified atom stereocenters. The fourth-order valence-corrected chi connectivity index (χ4v) is 1.57. The Bertz CT molecular complexity index is 408. The van der Waals surface area contributed by atoms with Crippen LogP contribution in [0.1, 0.15) is 30.4 Å². The molecule has 0 saturated heterocycles. The number of benzene rings is 1. The molecule has 0 saturated carbocycles. The monoisotopic (exact) mass is 279 g/mol. The van der Waals surface area contributed by atoms with E-state index < -0.39 is 17.7 Å². The van der Waals surface area contributed by atoms with Crippen molar-refractivity contribution in [1.29, 1.82) is 0 Å². The molecule has 1 rings (SSSR count). The van der Waals surface area contributed by atoms with Gasteiger partial charge in [-0.25, -0.2) is 0 Å². The van der Waals surface area contributed by atoms with Gasteiger partial charge in [0.05, 0.1) is 0 Å². The smallest absolute Gasteiger partial charge is 0.291 e. The van der Waals surface area contributed by atoms with Crippen LogP contribution in [0, 0.1) is 0 Å². The highest BCUT2D eigenvalue weighted by Crippen LogP contribution is 2.43. The average molecular weight is 279 g/mol. The zero-order valence-electron chi connectivity index (χ0n) is 9.94. The molecular weight excluding hydrogens is 267 g/mol. The summed E-state index contributed by atoms with van der Waals surface area (Å²) in [6, 6.07) is 4.07. The summed E-state index contributed by atoms with van der Waals surface area (Å²) >= 11 is 0. The van der Waals surface area contributed by atoms with Crippen molar-refractivity contribution in [1.82, 2.24) is 0 Å². The van der Waals surface area contributed by atoms with E-state index in [1.165, 1.54) is 12.1 Å². The molecule has 0 aliphatic rings. The Morgan fingerprint density at radius 3 is 2.00 bits per heavy atom. The van der Waals surface area contributed by atoms with Gasteiger partial charge in [-0.15, -0.1) is 0 Å². The molecule has 6 heteroatoms. The first kappa shape index (κ1) is 15.6. The normalized spacial score (nSPS) is 12.5. The Labute approximate surface area is 107 Å². The van der Waals surface area contributed by atoms with E-state index in [9.17, 15) is 26.7 Å². The predicted molar refractivity (Wildman–Crippen MR) is 59.6 cm³/mol. The fraction of sp³-hybridized carbons (Fsp3) is 0.462. The molecular formula is C13H12F5O. The first-order valence-corrected chi connectivity index (χ1v) is 5.68. The molecule has 0 aliphatic heterocycles. The van der Waals surface area contributed by atoms with Crippen LogP contribution in [0.2, 0.25) is 0 Å². The molecule has 0 amide bonds. The summed E-state index contributed by atoms with van der Waals surface area (Å²) < 4.78 is 62.3. The number of hydrogen-bond acceptors (Lipinski definition) is 1. The predicted octanol–water partition coefficient (Wildman–Crippen LogP) is 4.16. The van der Waals surface area contributed by atoms with Crippen molar-refractivity contribution in [2.75, 3.05) is 0 Å². The van der Waals surface area contributed by atoms with E-state index in [1.807, 2.05) is 0 Å². The molecule has 0 fully saturated rings. The second kappa shape index (κ2) is 6.12. The van der Waals surface area contributed by atoms with Crippen LogP contribution >= 0.6 is 0 Å². The molecule has 0 bridgehead atoms. The minimum Gasteiger partial charge on any atom is -0.291 e. The van der Waals surface area contributed by atoms with Crippen molar-refractivity contribution in [3.8, 4) is 0 Å². The van der Waals surface area contributed by atoms with Gasteiger partial charge in [0.1, 0.15) is 0 Å². The van der Waals surface area contributed by atoms with Gasteiger partial charge >= 0.3 is 12.1 Å². The van der Waals surface area contributed by atoms with Gasteiger partial charge < -0.3 is 0 Å². The van der Waals surface area contributed by atoms with E-state index in [4.69, 9.17) is 0 Å². The van der Waals surface area contributed by atoms with Gasteiger partial charge in [-0.1, -0.05) is 24.3 Å². The van der Waals surface area contributed by atoms with Crippen LogP contribution in [0.4, 0.5) is 22.0 Å². The third-order valence-electron chi connectivity index (χ3n) is 2.67. The number of alkyl halides is 5. The van der Waals surface area contributed by atoms with Crippen molar-refractivity contribution in [3.63, 3.8) is 0 Å². The zero-order chi connectivity index (χ0) is 14.5. The van der Waals surface area contributed by atoms with E-state index >= 15 is 0 Å². The maximum atomic E-state index is 13.0. The molecule has 1 aromatic rings. The summed E-state index contributed by atoms with van der Waals surface area (Å²) in [7, 11) is 0. The maximum absolute atomic E-state index is 13.0. The van der Waals surface area contributed by atoms with Gasteiger partial charge in [-0.05, 0) is 24.8 Å². The molecule has 0 atom stereocenters. The molecule has 19 heavy (non-hydrogen) atoms. The number of carbonyl (C=O) groups excluding carboxylic acids is 1. The van der Waals surface area contributed by atoms with E-state index in [2.05, 4.69) is 0 Å². The van der Waals surface area contributed by atoms with Gasteiger partial charge in [0, 0.05) is 12.0 Å². The molecule has 0 heterocycles. The van der Waals surface area contributed by atoms with Crippen LogP contribution in [0.5, 0.6) is 0 Å². The highest BCUT2D eigenvalue weighted by atomic mass is 19.4. The number of unbranched alkanes of at least 4 members (excludes halogenated alkanes) is 2. The van der Waals surface area contributed by atoms with Crippen LogP contribution in [0.25, 0.3) is 0 Å². The second-order valence-corrected chi connectivity index (χ2v) is 4.12. The lowest BCUT2D eigenvalue weighted by Crippen LogP contribution is -2.33. The first-order valence-electron chi connectivity index (χ1n) is 5.68. The van der Waals surface area contributed by atoms with E-state index in [-0.39, 0.29) is 0 Å². The Morgan fingerprint density at radius 2 is 1.53 bits per heavy atom. The number of hydrogen-bond donors (Lipinski definition) is 0. The van der Waals surface area contributed by atoms with Crippen molar-refractivity contribution < 1.29 is 26.7 Å². The summed E-state index contributed by atoms with van der Waals surface area (Å²) in [5, 5.41) is 0. The number of rotatable bonds is 6. The molecule has 105 valence electrons. The Morgan fingerprint density at radius 1 is 0.947 bits per heavy atom. The van der Waals surface area contributed by atoms with Gasteiger partial charge in [0.2, 0.25) is 0 Å².